The van der Waals surface area contributed by atoms with Crippen molar-refractivity contribution in [2.75, 3.05) is 20.3 Å². The zero-order chi connectivity index (χ0) is 18.9. The number of Topliss-reactive ketones (excluding diaryl/α,β-unsaturated/α-hetero) is 1. The molecule has 0 spiro atoms. The predicted molar refractivity (Wildman–Crippen MR) is 87.7 cm³/mol. The van der Waals surface area contributed by atoms with Gasteiger partial charge in [-0.25, -0.2) is 4.79 Å². The highest BCUT2D eigenvalue weighted by Crippen LogP contribution is 2.33. The Morgan fingerprint density at radius 3 is 2.58 bits per heavy atom. The number of carbonyl (C=O) groups is 2. The molecule has 1 aromatic rings. The van der Waals surface area contributed by atoms with Crippen LogP contribution in [0.4, 0.5) is 0 Å². The van der Waals surface area contributed by atoms with Gasteiger partial charge in [-0.05, 0) is 38.1 Å². The van der Waals surface area contributed by atoms with Crippen LogP contribution in [0.1, 0.15) is 24.2 Å². The fraction of sp³-hybridized carbons (Fsp3) is 0.444. The van der Waals surface area contributed by atoms with Crippen molar-refractivity contribution in [3.63, 3.8) is 0 Å². The van der Waals surface area contributed by atoms with E-state index >= 15 is 0 Å². The standard InChI is InChI=1S/C18H20O8/c1-18(2)24-9-13(26-18)15-16(14(20)17(21)25-15)23-8-12(19)10-4-6-11(22-3)7-5-10/h4-7,13,15,20H,8-9H2,1-3H3/t13-,15-/m0/s1. The summed E-state index contributed by atoms with van der Waals surface area (Å²) in [5, 5.41) is 9.93. The van der Waals surface area contributed by atoms with Gasteiger partial charge in [0, 0.05) is 5.56 Å². The first-order valence-corrected chi connectivity index (χ1v) is 8.06. The highest BCUT2D eigenvalue weighted by molar-refractivity contribution is 5.97. The Kier molecular flexibility index (Phi) is 4.88. The molecule has 0 saturated carbocycles. The molecule has 8 heteroatoms. The summed E-state index contributed by atoms with van der Waals surface area (Å²) < 4.78 is 26.7. The van der Waals surface area contributed by atoms with Gasteiger partial charge in [-0.15, -0.1) is 0 Å². The second-order valence-electron chi connectivity index (χ2n) is 6.35. The molecule has 140 valence electrons. The van der Waals surface area contributed by atoms with Gasteiger partial charge in [-0.3, -0.25) is 4.79 Å². The average Bonchev–Trinajstić information content (AvgIpc) is 3.12. The zero-order valence-electron chi connectivity index (χ0n) is 14.7. The number of aliphatic hydroxyl groups excluding tert-OH is 1. The molecular formula is C18H20O8. The smallest absolute Gasteiger partial charge is 0.378 e. The topological polar surface area (TPSA) is 101 Å². The molecule has 3 rings (SSSR count). The molecule has 2 atom stereocenters. The molecule has 0 aliphatic carbocycles. The SMILES string of the molecule is COc1ccc(C(=O)COC2=C(O)C(=O)O[C@H]2[C@@H]2COC(C)(C)O2)cc1. The van der Waals surface area contributed by atoms with Gasteiger partial charge in [0.25, 0.3) is 0 Å². The highest BCUT2D eigenvalue weighted by Gasteiger charge is 2.47. The van der Waals surface area contributed by atoms with Crippen molar-refractivity contribution in [2.24, 2.45) is 0 Å². The molecule has 26 heavy (non-hydrogen) atoms. The molecule has 0 amide bonds. The Morgan fingerprint density at radius 2 is 2.00 bits per heavy atom. The van der Waals surface area contributed by atoms with E-state index < -0.39 is 29.7 Å². The Labute approximate surface area is 150 Å². The molecule has 1 saturated heterocycles. The minimum Gasteiger partial charge on any atom is -0.499 e. The predicted octanol–water partition coefficient (Wildman–Crippen LogP) is 1.74. The van der Waals surface area contributed by atoms with Gasteiger partial charge in [0.15, 0.2) is 30.0 Å². The first-order chi connectivity index (χ1) is 12.3. The number of benzene rings is 1. The third-order valence-corrected chi connectivity index (χ3v) is 4.06. The Hall–Kier alpha value is -2.58. The van der Waals surface area contributed by atoms with Crippen LogP contribution in [0.25, 0.3) is 0 Å². The molecule has 0 radical (unpaired) electrons. The summed E-state index contributed by atoms with van der Waals surface area (Å²) in [7, 11) is 1.53. The van der Waals surface area contributed by atoms with Gasteiger partial charge in [0.1, 0.15) is 11.9 Å². The van der Waals surface area contributed by atoms with E-state index in [0.29, 0.717) is 11.3 Å². The fourth-order valence-corrected chi connectivity index (χ4v) is 2.72. The fourth-order valence-electron chi connectivity index (χ4n) is 2.72. The largest absolute Gasteiger partial charge is 0.499 e. The highest BCUT2D eigenvalue weighted by atomic mass is 16.8. The first-order valence-electron chi connectivity index (χ1n) is 8.06. The van der Waals surface area contributed by atoms with Crippen molar-refractivity contribution in [1.29, 1.82) is 0 Å². The number of cyclic esters (lactones) is 1. The average molecular weight is 364 g/mol. The van der Waals surface area contributed by atoms with Crippen molar-refractivity contribution in [3.8, 4) is 5.75 Å². The second-order valence-corrected chi connectivity index (χ2v) is 6.35. The van der Waals surface area contributed by atoms with Crippen LogP contribution in [0.15, 0.2) is 35.8 Å². The summed E-state index contributed by atoms with van der Waals surface area (Å²) in [5.74, 6) is -2.24. The van der Waals surface area contributed by atoms with E-state index in [1.54, 1.807) is 38.1 Å². The van der Waals surface area contributed by atoms with Crippen LogP contribution in [0.2, 0.25) is 0 Å². The van der Waals surface area contributed by atoms with Gasteiger partial charge < -0.3 is 28.8 Å². The molecule has 0 unspecified atom stereocenters. The molecule has 1 fully saturated rings. The molecule has 2 aliphatic heterocycles. The maximum atomic E-state index is 12.3. The van der Waals surface area contributed by atoms with E-state index in [4.69, 9.17) is 23.7 Å². The zero-order valence-corrected chi connectivity index (χ0v) is 14.7. The van der Waals surface area contributed by atoms with Crippen molar-refractivity contribution >= 4 is 11.8 Å². The molecule has 0 aromatic heterocycles. The monoisotopic (exact) mass is 364 g/mol. The summed E-state index contributed by atoms with van der Waals surface area (Å²) in [6.45, 7) is 3.25. The van der Waals surface area contributed by atoms with Gasteiger partial charge in [0.05, 0.1) is 13.7 Å². The molecule has 2 heterocycles. The van der Waals surface area contributed by atoms with Crippen molar-refractivity contribution in [2.45, 2.75) is 31.8 Å². The molecule has 1 aromatic carbocycles. The lowest BCUT2D eigenvalue weighted by Crippen LogP contribution is -2.33. The van der Waals surface area contributed by atoms with Crippen molar-refractivity contribution in [1.82, 2.24) is 0 Å². The van der Waals surface area contributed by atoms with Crippen molar-refractivity contribution in [3.05, 3.63) is 41.3 Å². The summed E-state index contributed by atoms with van der Waals surface area (Å²) in [6, 6.07) is 6.51. The maximum Gasteiger partial charge on any atom is 0.378 e. The number of carbonyl (C=O) groups excluding carboxylic acids is 2. The molecule has 1 N–H and O–H groups in total. The van der Waals surface area contributed by atoms with Gasteiger partial charge in [-0.1, -0.05) is 0 Å². The Morgan fingerprint density at radius 1 is 1.31 bits per heavy atom. The first kappa shape index (κ1) is 18.2. The minimum atomic E-state index is -0.965. The van der Waals surface area contributed by atoms with Crippen LogP contribution in [-0.2, 0) is 23.7 Å². The summed E-state index contributed by atoms with van der Waals surface area (Å²) >= 11 is 0. The number of aliphatic hydroxyl groups is 1. The van der Waals surface area contributed by atoms with E-state index in [0.717, 1.165) is 0 Å². The lowest BCUT2D eigenvalue weighted by atomic mass is 10.1. The van der Waals surface area contributed by atoms with Crippen LogP contribution in [-0.4, -0.2) is 55.2 Å². The number of ketones is 1. The molecule has 8 nitrogen and oxygen atoms in total. The van der Waals surface area contributed by atoms with E-state index in [1.165, 1.54) is 7.11 Å². The second kappa shape index (κ2) is 6.97. The van der Waals surface area contributed by atoms with Crippen LogP contribution < -0.4 is 4.74 Å². The summed E-state index contributed by atoms with van der Waals surface area (Å²) in [4.78, 5) is 24.0. The quantitative estimate of drug-likeness (QED) is 0.602. The van der Waals surface area contributed by atoms with E-state index in [2.05, 4.69) is 0 Å². The van der Waals surface area contributed by atoms with Gasteiger partial charge in [0.2, 0.25) is 5.76 Å². The van der Waals surface area contributed by atoms with Gasteiger partial charge in [-0.2, -0.15) is 0 Å². The van der Waals surface area contributed by atoms with Crippen LogP contribution in [0.3, 0.4) is 0 Å². The third kappa shape index (κ3) is 3.66. The minimum absolute atomic E-state index is 0.122. The Bertz CT molecular complexity index is 734. The lowest BCUT2D eigenvalue weighted by molar-refractivity contribution is -0.163. The van der Waals surface area contributed by atoms with E-state index in [9.17, 15) is 14.7 Å². The normalized spacial score (nSPS) is 24.5. The van der Waals surface area contributed by atoms with Gasteiger partial charge >= 0.3 is 5.97 Å². The summed E-state index contributed by atoms with van der Waals surface area (Å²) in [5.41, 5.74) is 0.411. The van der Waals surface area contributed by atoms with E-state index in [-0.39, 0.29) is 24.8 Å². The number of methoxy groups -OCH3 is 1. The summed E-state index contributed by atoms with van der Waals surface area (Å²) in [6.07, 6.45) is -1.60. The molecular weight excluding hydrogens is 344 g/mol. The number of ether oxygens (including phenoxy) is 5. The van der Waals surface area contributed by atoms with Crippen LogP contribution >= 0.6 is 0 Å². The Balaban J connectivity index is 1.68. The number of rotatable bonds is 6. The number of hydrogen-bond acceptors (Lipinski definition) is 8. The van der Waals surface area contributed by atoms with Crippen molar-refractivity contribution < 1.29 is 38.4 Å². The van der Waals surface area contributed by atoms with Crippen LogP contribution in [0.5, 0.6) is 5.75 Å². The molecule has 2 aliphatic rings. The number of hydrogen-bond donors (Lipinski definition) is 1. The lowest BCUT2D eigenvalue weighted by Gasteiger charge is -2.21. The molecule has 0 bridgehead atoms. The third-order valence-electron chi connectivity index (χ3n) is 4.06. The van der Waals surface area contributed by atoms with E-state index in [1.807, 2.05) is 0 Å². The van der Waals surface area contributed by atoms with Crippen LogP contribution in [0, 0.1) is 0 Å². The number of esters is 1. The maximum absolute atomic E-state index is 12.3.